The molecule has 0 radical (unpaired) electrons. The van der Waals surface area contributed by atoms with Gasteiger partial charge in [-0.25, -0.2) is 0 Å². The number of aliphatic hydroxyl groups excluding tert-OH is 1. The second-order valence-electron chi connectivity index (χ2n) is 7.39. The molecule has 2 aromatic carbocycles. The first-order chi connectivity index (χ1) is 14.5. The van der Waals surface area contributed by atoms with Crippen LogP contribution >= 0.6 is 11.6 Å². The highest BCUT2D eigenvalue weighted by Crippen LogP contribution is 2.22. The standard InChI is InChI=1S/C23H28ClNO5/c1-28-23(27)11-6-17-4-2-3-5-22(17)29-16-19(26)14-25-13-12-21(15-25)30-20-9-7-18(24)8-10-20/h2-5,7-10,19,21,26H,6,11-16H2,1H3. The lowest BCUT2D eigenvalue weighted by Gasteiger charge is -2.21. The number of hydrogen-bond donors (Lipinski definition) is 1. The molecule has 1 aliphatic heterocycles. The molecule has 1 fully saturated rings. The maximum absolute atomic E-state index is 11.4. The average molecular weight is 434 g/mol. The molecule has 1 aliphatic rings. The van der Waals surface area contributed by atoms with Crippen LogP contribution in [0, 0.1) is 0 Å². The molecule has 3 rings (SSSR count). The number of hydrogen-bond acceptors (Lipinski definition) is 6. The topological polar surface area (TPSA) is 68.2 Å². The van der Waals surface area contributed by atoms with Gasteiger partial charge >= 0.3 is 5.97 Å². The summed E-state index contributed by atoms with van der Waals surface area (Å²) in [6.07, 6.45) is 1.22. The van der Waals surface area contributed by atoms with E-state index in [0.29, 0.717) is 30.2 Å². The molecule has 162 valence electrons. The Kier molecular flexibility index (Phi) is 8.37. The monoisotopic (exact) mass is 433 g/mol. The number of esters is 1. The molecule has 2 unspecified atom stereocenters. The van der Waals surface area contributed by atoms with Gasteiger partial charge in [0.1, 0.15) is 30.3 Å². The Morgan fingerprint density at radius 1 is 1.23 bits per heavy atom. The van der Waals surface area contributed by atoms with E-state index in [4.69, 9.17) is 25.8 Å². The van der Waals surface area contributed by atoms with Crippen LogP contribution in [-0.4, -0.2) is 61.5 Å². The van der Waals surface area contributed by atoms with Crippen LogP contribution in [0.2, 0.25) is 5.02 Å². The number of ether oxygens (including phenoxy) is 3. The van der Waals surface area contributed by atoms with Crippen LogP contribution < -0.4 is 9.47 Å². The summed E-state index contributed by atoms with van der Waals surface area (Å²) in [4.78, 5) is 13.6. The van der Waals surface area contributed by atoms with Crippen LogP contribution in [0.15, 0.2) is 48.5 Å². The van der Waals surface area contributed by atoms with E-state index in [1.807, 2.05) is 48.5 Å². The first-order valence-corrected chi connectivity index (χ1v) is 10.5. The molecule has 2 atom stereocenters. The fraction of sp³-hybridized carbons (Fsp3) is 0.435. The first-order valence-electron chi connectivity index (χ1n) is 10.1. The number of nitrogens with zero attached hydrogens (tertiary/aromatic N) is 1. The molecule has 7 heteroatoms. The molecule has 0 bridgehead atoms. The largest absolute Gasteiger partial charge is 0.491 e. The molecule has 6 nitrogen and oxygen atoms in total. The van der Waals surface area contributed by atoms with Crippen molar-refractivity contribution in [1.82, 2.24) is 4.90 Å². The number of benzene rings is 2. The highest BCUT2D eigenvalue weighted by atomic mass is 35.5. The highest BCUT2D eigenvalue weighted by Gasteiger charge is 2.25. The van der Waals surface area contributed by atoms with Crippen molar-refractivity contribution in [2.24, 2.45) is 0 Å². The fourth-order valence-corrected chi connectivity index (χ4v) is 3.62. The highest BCUT2D eigenvalue weighted by molar-refractivity contribution is 6.30. The number of aryl methyl sites for hydroxylation is 1. The predicted octanol–water partition coefficient (Wildman–Crippen LogP) is 3.34. The molecule has 0 aliphatic carbocycles. The molecule has 0 spiro atoms. The second kappa shape index (κ2) is 11.2. The average Bonchev–Trinajstić information content (AvgIpc) is 3.19. The number of halogens is 1. The van der Waals surface area contributed by atoms with Crippen molar-refractivity contribution < 1.29 is 24.1 Å². The van der Waals surface area contributed by atoms with E-state index in [9.17, 15) is 9.90 Å². The van der Waals surface area contributed by atoms with Gasteiger partial charge in [0.05, 0.1) is 7.11 Å². The summed E-state index contributed by atoms with van der Waals surface area (Å²) in [5.74, 6) is 1.23. The van der Waals surface area contributed by atoms with Crippen LogP contribution in [0.5, 0.6) is 11.5 Å². The Balaban J connectivity index is 1.42. The lowest BCUT2D eigenvalue weighted by atomic mass is 10.1. The van der Waals surface area contributed by atoms with E-state index in [-0.39, 0.29) is 18.7 Å². The van der Waals surface area contributed by atoms with Gasteiger partial charge < -0.3 is 19.3 Å². The lowest BCUT2D eigenvalue weighted by molar-refractivity contribution is -0.140. The van der Waals surface area contributed by atoms with Crippen LogP contribution in [-0.2, 0) is 16.0 Å². The van der Waals surface area contributed by atoms with Crippen molar-refractivity contribution in [2.75, 3.05) is 33.4 Å². The van der Waals surface area contributed by atoms with Gasteiger partial charge in [0.2, 0.25) is 0 Å². The number of likely N-dealkylation sites (tertiary alicyclic amines) is 1. The van der Waals surface area contributed by atoms with Gasteiger partial charge in [-0.2, -0.15) is 0 Å². The molecule has 0 aromatic heterocycles. The SMILES string of the molecule is COC(=O)CCc1ccccc1OCC(O)CN1CCC(Oc2ccc(Cl)cc2)C1. The Morgan fingerprint density at radius 3 is 2.77 bits per heavy atom. The van der Waals surface area contributed by atoms with E-state index in [0.717, 1.165) is 30.8 Å². The molecular weight excluding hydrogens is 406 g/mol. The lowest BCUT2D eigenvalue weighted by Crippen LogP contribution is -2.35. The number of para-hydroxylation sites is 1. The quantitative estimate of drug-likeness (QED) is 0.579. The van der Waals surface area contributed by atoms with Crippen molar-refractivity contribution in [1.29, 1.82) is 0 Å². The van der Waals surface area contributed by atoms with Crippen molar-refractivity contribution in [3.63, 3.8) is 0 Å². The Hall–Kier alpha value is -2.28. The molecule has 0 amide bonds. The van der Waals surface area contributed by atoms with Crippen LogP contribution in [0.25, 0.3) is 0 Å². The summed E-state index contributed by atoms with van der Waals surface area (Å²) >= 11 is 5.91. The molecule has 1 saturated heterocycles. The minimum atomic E-state index is -0.618. The number of β-amino-alcohol motifs (C(OH)–C–C–N with tert-alkyl or cyclic N) is 1. The zero-order valence-corrected chi connectivity index (χ0v) is 17.9. The van der Waals surface area contributed by atoms with Gasteiger partial charge in [0.15, 0.2) is 0 Å². The van der Waals surface area contributed by atoms with E-state index in [2.05, 4.69) is 4.90 Å². The number of carbonyl (C=O) groups excluding carboxylic acids is 1. The molecule has 0 saturated carbocycles. The van der Waals surface area contributed by atoms with Crippen molar-refractivity contribution in [3.8, 4) is 11.5 Å². The normalized spacial score (nSPS) is 17.5. The van der Waals surface area contributed by atoms with Gasteiger partial charge in [-0.3, -0.25) is 9.69 Å². The first kappa shape index (κ1) is 22.4. The minimum Gasteiger partial charge on any atom is -0.491 e. The minimum absolute atomic E-state index is 0.0957. The molecule has 2 aromatic rings. The molecule has 1 heterocycles. The molecular formula is C23H28ClNO5. The third-order valence-corrected chi connectivity index (χ3v) is 5.30. The fourth-order valence-electron chi connectivity index (χ4n) is 3.49. The van der Waals surface area contributed by atoms with Crippen molar-refractivity contribution in [2.45, 2.75) is 31.5 Å². The Labute approximate surface area is 182 Å². The van der Waals surface area contributed by atoms with E-state index in [1.165, 1.54) is 7.11 Å². The van der Waals surface area contributed by atoms with Crippen molar-refractivity contribution in [3.05, 3.63) is 59.1 Å². The number of aliphatic hydroxyl groups is 1. The zero-order chi connectivity index (χ0) is 21.3. The summed E-state index contributed by atoms with van der Waals surface area (Å²) < 4.78 is 16.5. The maximum atomic E-state index is 11.4. The zero-order valence-electron chi connectivity index (χ0n) is 17.1. The van der Waals surface area contributed by atoms with Crippen molar-refractivity contribution >= 4 is 17.6 Å². The summed E-state index contributed by atoms with van der Waals surface area (Å²) in [5.41, 5.74) is 0.924. The third-order valence-electron chi connectivity index (χ3n) is 5.04. The van der Waals surface area contributed by atoms with Gasteiger partial charge in [0.25, 0.3) is 0 Å². The smallest absolute Gasteiger partial charge is 0.305 e. The Morgan fingerprint density at radius 2 is 2.00 bits per heavy atom. The Bertz CT molecular complexity index is 813. The van der Waals surface area contributed by atoms with Crippen LogP contribution in [0.4, 0.5) is 0 Å². The van der Waals surface area contributed by atoms with Gasteiger partial charge in [-0.15, -0.1) is 0 Å². The summed E-state index contributed by atoms with van der Waals surface area (Å²) in [7, 11) is 1.38. The van der Waals surface area contributed by atoms with Gasteiger partial charge in [-0.1, -0.05) is 29.8 Å². The summed E-state index contributed by atoms with van der Waals surface area (Å²) in [6, 6.07) is 14.9. The summed E-state index contributed by atoms with van der Waals surface area (Å²) in [6.45, 7) is 2.33. The van der Waals surface area contributed by atoms with Crippen LogP contribution in [0.3, 0.4) is 0 Å². The maximum Gasteiger partial charge on any atom is 0.305 e. The summed E-state index contributed by atoms with van der Waals surface area (Å²) in [5, 5.41) is 11.1. The van der Waals surface area contributed by atoms with Gasteiger partial charge in [-0.05, 0) is 48.7 Å². The predicted molar refractivity (Wildman–Crippen MR) is 115 cm³/mol. The number of carbonyl (C=O) groups is 1. The number of methoxy groups -OCH3 is 1. The third kappa shape index (κ3) is 6.90. The van der Waals surface area contributed by atoms with E-state index < -0.39 is 6.10 Å². The molecule has 30 heavy (non-hydrogen) atoms. The van der Waals surface area contributed by atoms with E-state index >= 15 is 0 Å². The molecule has 1 N–H and O–H groups in total. The van der Waals surface area contributed by atoms with E-state index in [1.54, 1.807) is 0 Å². The number of rotatable bonds is 10. The van der Waals surface area contributed by atoms with Crippen LogP contribution in [0.1, 0.15) is 18.4 Å². The second-order valence-corrected chi connectivity index (χ2v) is 7.83. The van der Waals surface area contributed by atoms with Gasteiger partial charge in [0, 0.05) is 31.1 Å².